The third-order valence-corrected chi connectivity index (χ3v) is 4.71. The Balaban J connectivity index is 1.45. The predicted octanol–water partition coefficient (Wildman–Crippen LogP) is -0.613. The van der Waals surface area contributed by atoms with Gasteiger partial charge in [0.05, 0.1) is 6.33 Å². The molecule has 10 heteroatoms. The molecule has 2 aromatic heterocycles. The smallest absolute Gasteiger partial charge is 0.252 e. The molecule has 0 aliphatic carbocycles. The molecule has 5 N–H and O–H groups in total. The molecule has 0 saturated carbocycles. The van der Waals surface area contributed by atoms with Crippen molar-refractivity contribution in [3.05, 3.63) is 48.5 Å². The molecule has 1 amide bonds. The molecule has 0 radical (unpaired) electrons. The average molecular weight is 384 g/mol. The summed E-state index contributed by atoms with van der Waals surface area (Å²) in [5.74, 6) is -0.310. The van der Waals surface area contributed by atoms with Crippen molar-refractivity contribution in [2.45, 2.75) is 31.0 Å². The van der Waals surface area contributed by atoms with Gasteiger partial charge in [0, 0.05) is 6.54 Å². The van der Waals surface area contributed by atoms with Crippen molar-refractivity contribution >= 4 is 22.9 Å². The van der Waals surface area contributed by atoms with Crippen LogP contribution in [0.1, 0.15) is 11.8 Å². The Labute approximate surface area is 160 Å². The fourth-order valence-electron chi connectivity index (χ4n) is 3.24. The minimum atomic E-state index is -1.39. The Morgan fingerprint density at radius 2 is 1.96 bits per heavy atom. The van der Waals surface area contributed by atoms with Gasteiger partial charge < -0.3 is 26.0 Å². The Kier molecular flexibility index (Phi) is 4.90. The molecule has 10 nitrogen and oxygen atoms in total. The lowest BCUT2D eigenvalue weighted by atomic mass is 10.1. The van der Waals surface area contributed by atoms with E-state index in [1.807, 2.05) is 30.3 Å². The van der Waals surface area contributed by atoms with E-state index in [-0.39, 0.29) is 5.82 Å². The van der Waals surface area contributed by atoms with Gasteiger partial charge in [-0.05, 0) is 12.0 Å². The van der Waals surface area contributed by atoms with E-state index in [0.29, 0.717) is 24.1 Å². The van der Waals surface area contributed by atoms with Crippen molar-refractivity contribution < 1.29 is 19.7 Å². The highest BCUT2D eigenvalue weighted by Crippen LogP contribution is 2.32. The average Bonchev–Trinajstić information content (AvgIpc) is 3.25. The number of fused-ring (bicyclic) bond motifs is 1. The number of hydrogen-bond acceptors (Lipinski definition) is 8. The van der Waals surface area contributed by atoms with Crippen LogP contribution in [-0.2, 0) is 16.0 Å². The second-order valence-corrected chi connectivity index (χ2v) is 6.54. The van der Waals surface area contributed by atoms with E-state index in [2.05, 4.69) is 20.3 Å². The maximum absolute atomic E-state index is 12.4. The highest BCUT2D eigenvalue weighted by Gasteiger charge is 2.47. The summed E-state index contributed by atoms with van der Waals surface area (Å²) < 4.78 is 7.08. The number of hydrogen-bond donors (Lipinski definition) is 4. The van der Waals surface area contributed by atoms with Crippen LogP contribution in [0, 0.1) is 0 Å². The van der Waals surface area contributed by atoms with Crippen LogP contribution in [0.2, 0.25) is 0 Å². The van der Waals surface area contributed by atoms with E-state index >= 15 is 0 Å². The van der Waals surface area contributed by atoms with Crippen molar-refractivity contribution in [1.29, 1.82) is 0 Å². The van der Waals surface area contributed by atoms with Crippen LogP contribution < -0.4 is 11.1 Å². The van der Waals surface area contributed by atoms with Gasteiger partial charge in [-0.3, -0.25) is 9.36 Å². The zero-order chi connectivity index (χ0) is 19.7. The first-order valence-corrected chi connectivity index (χ1v) is 8.82. The van der Waals surface area contributed by atoms with Gasteiger partial charge in [0.2, 0.25) is 0 Å². The largest absolute Gasteiger partial charge is 0.387 e. The van der Waals surface area contributed by atoms with E-state index in [1.54, 1.807) is 0 Å². The molecule has 1 unspecified atom stereocenters. The zero-order valence-corrected chi connectivity index (χ0v) is 14.8. The van der Waals surface area contributed by atoms with E-state index in [0.717, 1.165) is 5.56 Å². The summed E-state index contributed by atoms with van der Waals surface area (Å²) in [6, 6.07) is 9.70. The Morgan fingerprint density at radius 3 is 2.75 bits per heavy atom. The molecule has 28 heavy (non-hydrogen) atoms. The lowest BCUT2D eigenvalue weighted by Gasteiger charge is -2.16. The van der Waals surface area contributed by atoms with Gasteiger partial charge in [0.25, 0.3) is 5.91 Å². The van der Waals surface area contributed by atoms with Gasteiger partial charge >= 0.3 is 0 Å². The van der Waals surface area contributed by atoms with E-state index < -0.39 is 30.4 Å². The lowest BCUT2D eigenvalue weighted by molar-refractivity contribution is -0.137. The highest BCUT2D eigenvalue weighted by molar-refractivity contribution is 5.82. The summed E-state index contributed by atoms with van der Waals surface area (Å²) in [4.78, 5) is 24.5. The number of rotatable bonds is 5. The molecule has 1 aromatic carbocycles. The molecule has 4 rings (SSSR count). The van der Waals surface area contributed by atoms with Crippen LogP contribution in [0.3, 0.4) is 0 Å². The van der Waals surface area contributed by atoms with Crippen LogP contribution in [0.25, 0.3) is 11.2 Å². The molecular formula is C18H20N6O4. The standard InChI is InChI=1S/C18H20N6O4/c19-15-11-16(22-8-21-15)24(9-23-11)18-13(26)12(25)14(28-18)17(27)20-7-6-10-4-2-1-3-5-10/h1-5,8-9,12-14,18,25-26H,6-7H2,(H,20,27)(H2,19,21,22)/t12-,13+,14-,18?/m0/s1. The second-order valence-electron chi connectivity index (χ2n) is 6.54. The Morgan fingerprint density at radius 1 is 1.18 bits per heavy atom. The maximum Gasteiger partial charge on any atom is 0.252 e. The normalized spacial score (nSPS) is 24.5. The SMILES string of the molecule is Nc1ncnc2c1ncn2C1O[C@H](C(=O)NCCc2ccccc2)[C@@H](O)[C@H]1O. The highest BCUT2D eigenvalue weighted by atomic mass is 16.6. The summed E-state index contributed by atoms with van der Waals surface area (Å²) in [6.45, 7) is 0.383. The monoisotopic (exact) mass is 384 g/mol. The first-order valence-electron chi connectivity index (χ1n) is 8.82. The third-order valence-electron chi connectivity index (χ3n) is 4.71. The number of nitrogen functional groups attached to an aromatic ring is 1. The molecule has 1 fully saturated rings. The summed E-state index contributed by atoms with van der Waals surface area (Å²) in [5.41, 5.74) is 7.54. The maximum atomic E-state index is 12.4. The minimum absolute atomic E-state index is 0.187. The lowest BCUT2D eigenvalue weighted by Crippen LogP contribution is -2.43. The summed E-state index contributed by atoms with van der Waals surface area (Å²) >= 11 is 0. The number of carbonyl (C=O) groups excluding carboxylic acids is 1. The number of aromatic nitrogens is 4. The number of benzene rings is 1. The molecule has 3 aromatic rings. The quantitative estimate of drug-likeness (QED) is 0.455. The molecule has 146 valence electrons. The van der Waals surface area contributed by atoms with Crippen molar-refractivity contribution in [3.8, 4) is 0 Å². The first kappa shape index (κ1) is 18.3. The molecule has 1 saturated heterocycles. The van der Waals surface area contributed by atoms with Gasteiger partial charge in [-0.25, -0.2) is 15.0 Å². The van der Waals surface area contributed by atoms with E-state index in [1.165, 1.54) is 17.2 Å². The van der Waals surface area contributed by atoms with Crippen molar-refractivity contribution in [3.63, 3.8) is 0 Å². The van der Waals surface area contributed by atoms with E-state index in [9.17, 15) is 15.0 Å². The number of amides is 1. The summed E-state index contributed by atoms with van der Waals surface area (Å²) in [5, 5.41) is 23.4. The molecule has 1 aliphatic rings. The molecular weight excluding hydrogens is 364 g/mol. The summed E-state index contributed by atoms with van der Waals surface area (Å²) in [6.07, 6.45) is -1.68. The Hall–Kier alpha value is -3.08. The van der Waals surface area contributed by atoms with Gasteiger partial charge in [0.1, 0.15) is 24.1 Å². The number of ether oxygens (including phenoxy) is 1. The number of aliphatic hydroxyl groups excluding tert-OH is 2. The van der Waals surface area contributed by atoms with Gasteiger partial charge in [-0.15, -0.1) is 0 Å². The van der Waals surface area contributed by atoms with Crippen LogP contribution in [0.4, 0.5) is 5.82 Å². The molecule has 0 spiro atoms. The van der Waals surface area contributed by atoms with Gasteiger partial charge in [0.15, 0.2) is 23.8 Å². The van der Waals surface area contributed by atoms with Crippen LogP contribution >= 0.6 is 0 Å². The van der Waals surface area contributed by atoms with Crippen LogP contribution in [0.15, 0.2) is 43.0 Å². The zero-order valence-electron chi connectivity index (χ0n) is 14.8. The fraction of sp³-hybridized carbons (Fsp3) is 0.333. The number of aliphatic hydroxyl groups is 2. The molecule has 1 aliphatic heterocycles. The van der Waals surface area contributed by atoms with Crippen LogP contribution in [0.5, 0.6) is 0 Å². The van der Waals surface area contributed by atoms with Crippen molar-refractivity contribution in [2.24, 2.45) is 0 Å². The molecule has 3 heterocycles. The molecule has 0 bridgehead atoms. The predicted molar refractivity (Wildman–Crippen MR) is 98.8 cm³/mol. The number of imidazole rings is 1. The second kappa shape index (κ2) is 7.50. The summed E-state index contributed by atoms with van der Waals surface area (Å²) in [7, 11) is 0. The number of anilines is 1. The number of nitrogens with one attached hydrogen (secondary N) is 1. The van der Waals surface area contributed by atoms with Crippen LogP contribution in [-0.4, -0.2) is 60.5 Å². The topological polar surface area (TPSA) is 148 Å². The minimum Gasteiger partial charge on any atom is -0.387 e. The third kappa shape index (κ3) is 3.28. The van der Waals surface area contributed by atoms with E-state index in [4.69, 9.17) is 10.5 Å². The Bertz CT molecular complexity index is 979. The fourth-order valence-corrected chi connectivity index (χ4v) is 3.24. The number of carbonyl (C=O) groups is 1. The number of nitrogens with two attached hydrogens (primary N) is 1. The number of nitrogens with zero attached hydrogens (tertiary/aromatic N) is 4. The first-order chi connectivity index (χ1) is 13.6. The van der Waals surface area contributed by atoms with Gasteiger partial charge in [-0.2, -0.15) is 0 Å². The van der Waals surface area contributed by atoms with Gasteiger partial charge in [-0.1, -0.05) is 30.3 Å². The molecule has 4 atom stereocenters. The van der Waals surface area contributed by atoms with Crippen molar-refractivity contribution in [1.82, 2.24) is 24.8 Å². The van der Waals surface area contributed by atoms with Crippen molar-refractivity contribution in [2.75, 3.05) is 12.3 Å².